The van der Waals surface area contributed by atoms with E-state index in [4.69, 9.17) is 8.85 Å². The second kappa shape index (κ2) is 7.09. The van der Waals surface area contributed by atoms with Gasteiger partial charge in [-0.25, -0.2) is 0 Å². The van der Waals surface area contributed by atoms with Gasteiger partial charge in [0.2, 0.25) is 0 Å². The van der Waals surface area contributed by atoms with Gasteiger partial charge in [-0.2, -0.15) is 0 Å². The minimum absolute atomic E-state index is 0.127. The maximum atomic E-state index is 9.99. The third-order valence-corrected chi connectivity index (χ3v) is 3.55. The van der Waals surface area contributed by atoms with Crippen molar-refractivity contribution in [3.05, 3.63) is 59.7 Å². The second-order valence-corrected chi connectivity index (χ2v) is 4.82. The zero-order chi connectivity index (χ0) is 14.4. The highest BCUT2D eigenvalue weighted by molar-refractivity contribution is 6.18. The van der Waals surface area contributed by atoms with Crippen molar-refractivity contribution in [1.82, 2.24) is 0 Å². The summed E-state index contributed by atoms with van der Waals surface area (Å²) < 4.78 is 10.9. The molecule has 104 valence electrons. The number of para-hydroxylation sites is 2. The van der Waals surface area contributed by atoms with E-state index < -0.39 is 6.10 Å². The molecule has 0 amide bonds. The van der Waals surface area contributed by atoms with Gasteiger partial charge in [-0.05, 0) is 19.1 Å². The summed E-state index contributed by atoms with van der Waals surface area (Å²) in [6, 6.07) is 13.8. The van der Waals surface area contributed by atoms with Crippen molar-refractivity contribution in [2.75, 3.05) is 6.61 Å². The summed E-state index contributed by atoms with van der Waals surface area (Å²) in [7, 11) is -0.166. The maximum absolute atomic E-state index is 9.99. The molecule has 0 saturated carbocycles. The van der Waals surface area contributed by atoms with Crippen LogP contribution in [0.3, 0.4) is 0 Å². The van der Waals surface area contributed by atoms with E-state index in [0.29, 0.717) is 17.7 Å². The number of phenolic OH excluding ortho intramolecular Hbond substituents is 2. The Bertz CT molecular complexity index is 514. The summed E-state index contributed by atoms with van der Waals surface area (Å²) in [5.74, 6) is 0.254. The summed E-state index contributed by atoms with van der Waals surface area (Å²) in [4.78, 5) is 0. The molecule has 0 bridgehead atoms. The molecule has 2 rings (SSSR count). The van der Waals surface area contributed by atoms with Crippen molar-refractivity contribution < 1.29 is 19.1 Å². The van der Waals surface area contributed by atoms with Crippen LogP contribution >= 0.6 is 0 Å². The monoisotopic (exact) mass is 288 g/mol. The highest BCUT2D eigenvalue weighted by atomic mass is 28.3. The van der Waals surface area contributed by atoms with Gasteiger partial charge in [-0.3, -0.25) is 0 Å². The predicted octanol–water partition coefficient (Wildman–Crippen LogP) is 2.77. The molecule has 0 aromatic heterocycles. The lowest BCUT2D eigenvalue weighted by Gasteiger charge is -2.20. The van der Waals surface area contributed by atoms with Gasteiger partial charge in [-0.1, -0.05) is 36.4 Å². The average Bonchev–Trinajstić information content (AvgIpc) is 2.46. The van der Waals surface area contributed by atoms with Crippen LogP contribution in [0.25, 0.3) is 0 Å². The van der Waals surface area contributed by atoms with Crippen LogP contribution in [0.1, 0.15) is 24.2 Å². The lowest BCUT2D eigenvalue weighted by molar-refractivity contribution is 0.183. The second-order valence-electron chi connectivity index (χ2n) is 4.13. The van der Waals surface area contributed by atoms with E-state index in [1.165, 1.54) is 0 Å². The Labute approximate surface area is 120 Å². The van der Waals surface area contributed by atoms with Crippen molar-refractivity contribution >= 4 is 10.0 Å². The van der Waals surface area contributed by atoms with Crippen molar-refractivity contribution in [1.29, 1.82) is 0 Å². The van der Waals surface area contributed by atoms with Gasteiger partial charge in [0.05, 0.1) is 0 Å². The van der Waals surface area contributed by atoms with E-state index in [9.17, 15) is 10.2 Å². The fourth-order valence-corrected chi connectivity index (χ4v) is 2.39. The summed E-state index contributed by atoms with van der Waals surface area (Å²) in [5, 5.41) is 20.0. The molecule has 5 heteroatoms. The van der Waals surface area contributed by atoms with Crippen LogP contribution in [0.2, 0.25) is 0 Å². The van der Waals surface area contributed by atoms with Gasteiger partial charge in [0.25, 0.3) is 0 Å². The molecule has 0 aliphatic heterocycles. The van der Waals surface area contributed by atoms with E-state index in [1.54, 1.807) is 36.4 Å². The van der Waals surface area contributed by atoms with Crippen LogP contribution in [-0.4, -0.2) is 26.8 Å². The molecule has 0 unspecified atom stereocenters. The fourth-order valence-electron chi connectivity index (χ4n) is 1.85. The van der Waals surface area contributed by atoms with Crippen LogP contribution in [0.4, 0.5) is 0 Å². The molecule has 4 nitrogen and oxygen atoms in total. The first kappa shape index (κ1) is 14.6. The molecule has 0 atom stereocenters. The van der Waals surface area contributed by atoms with Gasteiger partial charge in [0, 0.05) is 17.7 Å². The van der Waals surface area contributed by atoms with Crippen LogP contribution < -0.4 is 0 Å². The first-order valence-electron chi connectivity index (χ1n) is 6.32. The number of benzene rings is 2. The Morgan fingerprint density at radius 3 is 1.90 bits per heavy atom. The Balaban J connectivity index is 2.35. The average molecular weight is 288 g/mol. The molecule has 20 heavy (non-hydrogen) atoms. The van der Waals surface area contributed by atoms with Crippen molar-refractivity contribution in [3.8, 4) is 11.5 Å². The Morgan fingerprint density at radius 2 is 1.45 bits per heavy atom. The Hall–Kier alpha value is -1.82. The summed E-state index contributed by atoms with van der Waals surface area (Å²) in [6.45, 7) is 2.43. The van der Waals surface area contributed by atoms with Crippen molar-refractivity contribution in [2.45, 2.75) is 13.0 Å². The van der Waals surface area contributed by atoms with E-state index in [0.717, 1.165) is 0 Å². The molecular formula is C15H16O4Si. The molecule has 0 spiro atoms. The van der Waals surface area contributed by atoms with Gasteiger partial charge >= 0.3 is 10.0 Å². The molecule has 0 heterocycles. The zero-order valence-electron chi connectivity index (χ0n) is 11.1. The molecule has 0 saturated heterocycles. The molecule has 2 radical (unpaired) electrons. The smallest absolute Gasteiger partial charge is 0.434 e. The van der Waals surface area contributed by atoms with Gasteiger partial charge in [0.15, 0.2) is 0 Å². The SMILES string of the molecule is CCO[Si]OC(c1ccccc1O)c1ccccc1O. The van der Waals surface area contributed by atoms with Gasteiger partial charge in [0.1, 0.15) is 17.6 Å². The fraction of sp³-hybridized carbons (Fsp3) is 0.200. The Morgan fingerprint density at radius 1 is 0.950 bits per heavy atom. The lowest BCUT2D eigenvalue weighted by atomic mass is 10.00. The molecule has 0 aliphatic carbocycles. The first-order valence-corrected chi connectivity index (χ1v) is 7.14. The topological polar surface area (TPSA) is 58.9 Å². The minimum Gasteiger partial charge on any atom is -0.508 e. The maximum Gasteiger partial charge on any atom is 0.434 e. The molecule has 2 aromatic rings. The molecule has 0 fully saturated rings. The van der Waals surface area contributed by atoms with Crippen molar-refractivity contribution in [3.63, 3.8) is 0 Å². The first-order chi connectivity index (χ1) is 9.74. The number of rotatable bonds is 6. The number of aromatic hydroxyl groups is 2. The lowest BCUT2D eigenvalue weighted by Crippen LogP contribution is -2.12. The molecule has 2 N–H and O–H groups in total. The van der Waals surface area contributed by atoms with Crippen LogP contribution in [0.15, 0.2) is 48.5 Å². The number of phenols is 2. The Kier molecular flexibility index (Phi) is 5.17. The minimum atomic E-state index is -0.567. The zero-order valence-corrected chi connectivity index (χ0v) is 12.1. The normalized spacial score (nSPS) is 10.9. The number of hydrogen-bond donors (Lipinski definition) is 2. The standard InChI is InChI=1S/C15H16O4Si/c1-2-18-20-19-15(11-7-3-5-9-13(11)16)12-8-4-6-10-14(12)17/h3-10,15-17H,2H2,1H3. The van der Waals surface area contributed by atoms with E-state index in [1.807, 2.05) is 19.1 Å². The van der Waals surface area contributed by atoms with Crippen LogP contribution in [0, 0.1) is 0 Å². The summed E-state index contributed by atoms with van der Waals surface area (Å²) >= 11 is 0. The molecule has 0 aliphatic rings. The highest BCUT2D eigenvalue weighted by Crippen LogP contribution is 2.35. The van der Waals surface area contributed by atoms with Crippen LogP contribution in [-0.2, 0) is 8.85 Å². The largest absolute Gasteiger partial charge is 0.508 e. The number of hydrogen-bond acceptors (Lipinski definition) is 4. The van der Waals surface area contributed by atoms with E-state index in [-0.39, 0.29) is 21.5 Å². The molecule has 2 aromatic carbocycles. The van der Waals surface area contributed by atoms with Crippen LogP contribution in [0.5, 0.6) is 11.5 Å². The third-order valence-electron chi connectivity index (χ3n) is 2.81. The van der Waals surface area contributed by atoms with Crippen molar-refractivity contribution in [2.24, 2.45) is 0 Å². The van der Waals surface area contributed by atoms with E-state index in [2.05, 4.69) is 0 Å². The van der Waals surface area contributed by atoms with Gasteiger partial charge < -0.3 is 19.1 Å². The van der Waals surface area contributed by atoms with E-state index >= 15 is 0 Å². The summed E-state index contributed by atoms with van der Waals surface area (Å²) in [5.41, 5.74) is 1.20. The third kappa shape index (κ3) is 3.39. The highest BCUT2D eigenvalue weighted by Gasteiger charge is 2.21. The molecular weight excluding hydrogens is 272 g/mol. The quantitative estimate of drug-likeness (QED) is 0.634. The van der Waals surface area contributed by atoms with Gasteiger partial charge in [-0.15, -0.1) is 0 Å². The predicted molar refractivity (Wildman–Crippen MR) is 76.5 cm³/mol. The summed E-state index contributed by atoms with van der Waals surface area (Å²) in [6.07, 6.45) is -0.567.